The second kappa shape index (κ2) is 6.74. The summed E-state index contributed by atoms with van der Waals surface area (Å²) in [7, 11) is 0. The minimum atomic E-state index is 1.05. The Labute approximate surface area is 75.8 Å². The van der Waals surface area contributed by atoms with Gasteiger partial charge >= 0.3 is 0 Å². The van der Waals surface area contributed by atoms with Gasteiger partial charge in [0.05, 0.1) is 0 Å². The highest BCUT2D eigenvalue weighted by Gasteiger charge is 1.99. The van der Waals surface area contributed by atoms with Crippen molar-refractivity contribution in [3.63, 3.8) is 0 Å². The monoisotopic (exact) mass is 173 g/mol. The molecule has 0 fully saturated rings. The van der Waals surface area contributed by atoms with Crippen LogP contribution >= 0.6 is 12.2 Å². The first-order valence-electron chi connectivity index (χ1n) is 4.48. The Morgan fingerprint density at radius 2 is 1.73 bits per heavy atom. The molecule has 0 aromatic carbocycles. The van der Waals surface area contributed by atoms with E-state index in [2.05, 4.69) is 25.7 Å². The minimum absolute atomic E-state index is 1.05. The van der Waals surface area contributed by atoms with Gasteiger partial charge < -0.3 is 4.90 Å². The van der Waals surface area contributed by atoms with Gasteiger partial charge in [0.1, 0.15) is 0 Å². The van der Waals surface area contributed by atoms with Crippen LogP contribution in [-0.2, 0) is 0 Å². The molecule has 0 amide bonds. The van der Waals surface area contributed by atoms with Crippen molar-refractivity contribution in [2.75, 3.05) is 19.6 Å². The van der Waals surface area contributed by atoms with Crippen LogP contribution in [0.5, 0.6) is 0 Å². The van der Waals surface area contributed by atoms with Crippen LogP contribution in [0.2, 0.25) is 0 Å². The van der Waals surface area contributed by atoms with Gasteiger partial charge in [-0.3, -0.25) is 0 Å². The fourth-order valence-corrected chi connectivity index (χ4v) is 1.09. The van der Waals surface area contributed by atoms with Gasteiger partial charge in [-0.1, -0.05) is 33.0 Å². The van der Waals surface area contributed by atoms with Crippen molar-refractivity contribution >= 4 is 17.1 Å². The van der Waals surface area contributed by atoms with Crippen molar-refractivity contribution in [2.45, 2.75) is 33.6 Å². The fourth-order valence-electron chi connectivity index (χ4n) is 0.999. The normalized spacial score (nSPS) is 10.5. The molecule has 0 saturated carbocycles. The summed E-state index contributed by atoms with van der Waals surface area (Å²) in [5.74, 6) is 0. The summed E-state index contributed by atoms with van der Waals surface area (Å²) in [6.45, 7) is 9.94. The van der Waals surface area contributed by atoms with Gasteiger partial charge in [0.25, 0.3) is 0 Å². The van der Waals surface area contributed by atoms with Gasteiger partial charge in [0, 0.05) is 6.54 Å². The first kappa shape index (κ1) is 11.1. The van der Waals surface area contributed by atoms with Crippen molar-refractivity contribution < 1.29 is 0 Å². The lowest BCUT2D eigenvalue weighted by atomic mass is 10.2. The van der Waals surface area contributed by atoms with E-state index in [4.69, 9.17) is 12.2 Å². The molecule has 0 spiro atoms. The van der Waals surface area contributed by atoms with Crippen molar-refractivity contribution in [1.29, 1.82) is 0 Å². The third-order valence-corrected chi connectivity index (χ3v) is 2.49. The number of thiocarbonyl (C=S) groups is 1. The topological polar surface area (TPSA) is 3.24 Å². The maximum absolute atomic E-state index is 5.14. The molecule has 11 heavy (non-hydrogen) atoms. The highest BCUT2D eigenvalue weighted by Crippen LogP contribution is 1.96. The molecule has 0 aromatic heterocycles. The van der Waals surface area contributed by atoms with Crippen molar-refractivity contribution in [3.05, 3.63) is 0 Å². The number of nitrogens with zero attached hydrogens (tertiary/aromatic N) is 1. The number of hydrogen-bond acceptors (Lipinski definition) is 2. The van der Waals surface area contributed by atoms with E-state index in [1.165, 1.54) is 4.86 Å². The highest BCUT2D eigenvalue weighted by atomic mass is 32.1. The van der Waals surface area contributed by atoms with Crippen LogP contribution in [0.25, 0.3) is 0 Å². The molecular weight excluding hydrogens is 154 g/mol. The van der Waals surface area contributed by atoms with Gasteiger partial charge in [0.15, 0.2) is 0 Å². The van der Waals surface area contributed by atoms with E-state index in [1.807, 2.05) is 0 Å². The zero-order valence-electron chi connectivity index (χ0n) is 7.89. The Hall–Kier alpha value is 0.0500. The Kier molecular flexibility index (Phi) is 6.77. The fraction of sp³-hybridized carbons (Fsp3) is 0.889. The standard InChI is InChI=1S/C9H19NS/c1-4-9(11)7-8-10(5-2)6-3/h4-8H2,1-3H3. The van der Waals surface area contributed by atoms with E-state index in [0.29, 0.717) is 0 Å². The van der Waals surface area contributed by atoms with Crippen LogP contribution in [-0.4, -0.2) is 29.4 Å². The lowest BCUT2D eigenvalue weighted by Gasteiger charge is -2.17. The van der Waals surface area contributed by atoms with Gasteiger partial charge in [0.2, 0.25) is 0 Å². The average molecular weight is 173 g/mol. The van der Waals surface area contributed by atoms with Crippen molar-refractivity contribution in [2.24, 2.45) is 0 Å². The van der Waals surface area contributed by atoms with Crippen molar-refractivity contribution in [3.8, 4) is 0 Å². The van der Waals surface area contributed by atoms with Crippen LogP contribution in [0, 0.1) is 0 Å². The molecule has 0 aromatic rings. The van der Waals surface area contributed by atoms with Gasteiger partial charge in [-0.2, -0.15) is 0 Å². The Morgan fingerprint density at radius 3 is 2.09 bits per heavy atom. The average Bonchev–Trinajstić information content (AvgIpc) is 2.06. The highest BCUT2D eigenvalue weighted by molar-refractivity contribution is 7.80. The lowest BCUT2D eigenvalue weighted by Crippen LogP contribution is -2.25. The largest absolute Gasteiger partial charge is 0.304 e. The maximum Gasteiger partial charge on any atom is 0.00266 e. The van der Waals surface area contributed by atoms with Crippen LogP contribution in [0.15, 0.2) is 0 Å². The maximum atomic E-state index is 5.14. The molecule has 1 nitrogen and oxygen atoms in total. The second-order valence-electron chi connectivity index (χ2n) is 2.67. The molecule has 2 heteroatoms. The molecule has 0 aliphatic heterocycles. The molecule has 0 N–H and O–H groups in total. The Bertz CT molecular complexity index is 108. The van der Waals surface area contributed by atoms with Gasteiger partial charge in [-0.15, -0.1) is 0 Å². The Balaban J connectivity index is 3.42. The van der Waals surface area contributed by atoms with E-state index in [9.17, 15) is 0 Å². The summed E-state index contributed by atoms with van der Waals surface area (Å²) in [6, 6.07) is 0. The molecule has 0 radical (unpaired) electrons. The van der Waals surface area contributed by atoms with E-state index < -0.39 is 0 Å². The zero-order chi connectivity index (χ0) is 8.69. The molecule has 66 valence electrons. The SMILES string of the molecule is CCC(=S)CCN(CC)CC. The van der Waals surface area contributed by atoms with Gasteiger partial charge in [-0.05, 0) is 30.8 Å². The van der Waals surface area contributed by atoms with E-state index >= 15 is 0 Å². The Morgan fingerprint density at radius 1 is 1.18 bits per heavy atom. The van der Waals surface area contributed by atoms with Crippen molar-refractivity contribution in [1.82, 2.24) is 4.90 Å². The summed E-state index contributed by atoms with van der Waals surface area (Å²) in [6.07, 6.45) is 2.14. The summed E-state index contributed by atoms with van der Waals surface area (Å²) >= 11 is 5.14. The minimum Gasteiger partial charge on any atom is -0.304 e. The molecule has 0 saturated heterocycles. The van der Waals surface area contributed by atoms with E-state index in [-0.39, 0.29) is 0 Å². The van der Waals surface area contributed by atoms with E-state index in [0.717, 1.165) is 32.5 Å². The third kappa shape index (κ3) is 5.33. The lowest BCUT2D eigenvalue weighted by molar-refractivity contribution is 0.313. The van der Waals surface area contributed by atoms with E-state index in [1.54, 1.807) is 0 Å². The number of hydrogen-bond donors (Lipinski definition) is 0. The molecule has 0 rings (SSSR count). The van der Waals surface area contributed by atoms with Crippen LogP contribution < -0.4 is 0 Å². The quantitative estimate of drug-likeness (QED) is 0.568. The summed E-state index contributed by atoms with van der Waals surface area (Å²) in [5, 5.41) is 0. The summed E-state index contributed by atoms with van der Waals surface area (Å²) in [4.78, 5) is 3.61. The van der Waals surface area contributed by atoms with Crippen LogP contribution in [0.1, 0.15) is 33.6 Å². The summed E-state index contributed by atoms with van der Waals surface area (Å²) < 4.78 is 0. The molecule has 0 bridgehead atoms. The summed E-state index contributed by atoms with van der Waals surface area (Å²) in [5.41, 5.74) is 0. The predicted octanol–water partition coefficient (Wildman–Crippen LogP) is 2.50. The van der Waals surface area contributed by atoms with Gasteiger partial charge in [-0.25, -0.2) is 0 Å². The molecule has 0 unspecified atom stereocenters. The molecule has 0 aliphatic carbocycles. The van der Waals surface area contributed by atoms with Crippen LogP contribution in [0.3, 0.4) is 0 Å². The predicted molar refractivity (Wildman–Crippen MR) is 55.3 cm³/mol. The second-order valence-corrected chi connectivity index (χ2v) is 3.25. The molecular formula is C9H19NS. The third-order valence-electron chi connectivity index (χ3n) is 2.00. The molecule has 0 heterocycles. The smallest absolute Gasteiger partial charge is 0.00266 e. The molecule has 0 atom stereocenters. The van der Waals surface area contributed by atoms with Crippen LogP contribution in [0.4, 0.5) is 0 Å². The first-order chi connectivity index (χ1) is 5.24. The molecule has 0 aliphatic rings. The number of rotatable bonds is 6. The zero-order valence-corrected chi connectivity index (χ0v) is 8.71. The first-order valence-corrected chi connectivity index (χ1v) is 4.89.